The quantitative estimate of drug-likeness (QED) is 0.360. The van der Waals surface area contributed by atoms with Crippen LogP contribution in [0, 0.1) is 0 Å². The first kappa shape index (κ1) is 22.3. The molecule has 5 nitrogen and oxygen atoms in total. The summed E-state index contributed by atoms with van der Waals surface area (Å²) in [6.07, 6.45) is 6.69. The van der Waals surface area contributed by atoms with E-state index in [1.54, 1.807) is 7.05 Å². The maximum Gasteiger partial charge on any atom is 0.193 e. The van der Waals surface area contributed by atoms with Crippen LogP contribution in [0.5, 0.6) is 0 Å². The first-order chi connectivity index (χ1) is 12.6. The summed E-state index contributed by atoms with van der Waals surface area (Å²) in [6.45, 7) is 2.61. The van der Waals surface area contributed by atoms with Crippen molar-refractivity contribution in [2.75, 3.05) is 20.6 Å². The minimum Gasteiger partial charge on any atom is -0.356 e. The van der Waals surface area contributed by atoms with Gasteiger partial charge in [-0.3, -0.25) is 4.99 Å². The minimum atomic E-state index is 0. The Morgan fingerprint density at radius 1 is 1.30 bits per heavy atom. The van der Waals surface area contributed by atoms with Crippen molar-refractivity contribution in [1.29, 1.82) is 0 Å². The lowest BCUT2D eigenvalue weighted by Crippen LogP contribution is -2.39. The molecule has 1 aromatic heterocycles. The van der Waals surface area contributed by atoms with E-state index >= 15 is 0 Å². The first-order valence-electron chi connectivity index (χ1n) is 8.97. The van der Waals surface area contributed by atoms with Crippen LogP contribution in [0.15, 0.2) is 29.4 Å². The number of guanidine groups is 1. The van der Waals surface area contributed by atoms with Gasteiger partial charge in [-0.15, -0.1) is 24.0 Å². The largest absolute Gasteiger partial charge is 0.356 e. The number of aromatic nitrogens is 2. The van der Waals surface area contributed by atoms with Crippen molar-refractivity contribution in [3.63, 3.8) is 0 Å². The Morgan fingerprint density at radius 3 is 2.81 bits per heavy atom. The van der Waals surface area contributed by atoms with Gasteiger partial charge in [0.05, 0.1) is 15.7 Å². The van der Waals surface area contributed by atoms with Crippen molar-refractivity contribution in [1.82, 2.24) is 19.8 Å². The highest BCUT2D eigenvalue weighted by Gasteiger charge is 2.12. The number of benzene rings is 1. The molecule has 0 unspecified atom stereocenters. The van der Waals surface area contributed by atoms with E-state index < -0.39 is 0 Å². The molecule has 27 heavy (non-hydrogen) atoms. The number of rotatable bonds is 5. The molecule has 2 heterocycles. The van der Waals surface area contributed by atoms with Gasteiger partial charge in [-0.1, -0.05) is 29.3 Å². The van der Waals surface area contributed by atoms with Crippen molar-refractivity contribution in [2.45, 2.75) is 38.8 Å². The van der Waals surface area contributed by atoms with Crippen molar-refractivity contribution >= 4 is 53.1 Å². The van der Waals surface area contributed by atoms with Crippen LogP contribution in [-0.4, -0.2) is 41.1 Å². The van der Waals surface area contributed by atoms with Gasteiger partial charge in [0.15, 0.2) is 5.96 Å². The molecule has 2 aromatic rings. The Balaban J connectivity index is 0.00000261. The normalized spacial score (nSPS) is 13.7. The van der Waals surface area contributed by atoms with Crippen LogP contribution >= 0.6 is 47.2 Å². The van der Waals surface area contributed by atoms with E-state index in [0.29, 0.717) is 16.6 Å². The number of hydrogen-bond donors (Lipinski definition) is 1. The number of hydrogen-bond acceptors (Lipinski definition) is 2. The van der Waals surface area contributed by atoms with Crippen LogP contribution in [-0.2, 0) is 25.9 Å². The Labute approximate surface area is 188 Å². The van der Waals surface area contributed by atoms with Gasteiger partial charge in [-0.05, 0) is 30.5 Å². The zero-order chi connectivity index (χ0) is 18.5. The Kier molecular flexibility index (Phi) is 8.69. The van der Waals surface area contributed by atoms with Gasteiger partial charge in [0, 0.05) is 52.8 Å². The van der Waals surface area contributed by atoms with Gasteiger partial charge in [0.25, 0.3) is 0 Å². The predicted octanol–water partition coefficient (Wildman–Crippen LogP) is 4.39. The van der Waals surface area contributed by atoms with Crippen LogP contribution < -0.4 is 5.32 Å². The molecule has 1 aliphatic heterocycles. The van der Waals surface area contributed by atoms with E-state index in [1.807, 2.05) is 25.2 Å². The van der Waals surface area contributed by atoms with Crippen molar-refractivity contribution in [2.24, 2.45) is 4.99 Å². The molecule has 3 rings (SSSR count). The lowest BCUT2D eigenvalue weighted by molar-refractivity contribution is 0.477. The van der Waals surface area contributed by atoms with Gasteiger partial charge in [0.2, 0.25) is 0 Å². The van der Waals surface area contributed by atoms with E-state index in [0.717, 1.165) is 43.1 Å². The number of aliphatic imine (C=N–C) groups is 1. The third kappa shape index (κ3) is 5.99. The Hall–Kier alpha value is -0.990. The second-order valence-electron chi connectivity index (χ2n) is 6.63. The molecule has 0 radical (unpaired) electrons. The zero-order valence-electron chi connectivity index (χ0n) is 15.7. The lowest BCUT2D eigenvalue weighted by Gasteiger charge is -2.22. The molecule has 148 valence electrons. The number of nitrogens with one attached hydrogen (secondary N) is 1. The number of halogens is 3. The fourth-order valence-electron chi connectivity index (χ4n) is 3.27. The molecule has 0 saturated carbocycles. The molecule has 8 heteroatoms. The van der Waals surface area contributed by atoms with E-state index in [9.17, 15) is 0 Å². The van der Waals surface area contributed by atoms with E-state index in [1.165, 1.54) is 18.7 Å². The molecule has 0 spiro atoms. The Bertz CT molecular complexity index is 767. The second-order valence-corrected chi connectivity index (χ2v) is 7.44. The second kappa shape index (κ2) is 10.5. The fourth-order valence-corrected chi connectivity index (χ4v) is 3.59. The first-order valence-corrected chi connectivity index (χ1v) is 9.73. The van der Waals surface area contributed by atoms with Gasteiger partial charge in [-0.25, -0.2) is 4.98 Å². The summed E-state index contributed by atoms with van der Waals surface area (Å²) in [6, 6.07) is 5.70. The number of nitrogens with zero attached hydrogens (tertiary/aromatic N) is 4. The summed E-state index contributed by atoms with van der Waals surface area (Å²) < 4.78 is 2.30. The average molecular weight is 522 g/mol. The smallest absolute Gasteiger partial charge is 0.193 e. The standard InChI is InChI=1S/C19H25Cl2N5.HI/c1-22-19(25(2)12-14-6-7-16(20)17(21)11-14)23-9-8-15-13-26-10-4-3-5-18(26)24-15;/h6-7,11,13H,3-5,8-10,12H2,1-2H3,(H,22,23);1H. The van der Waals surface area contributed by atoms with E-state index in [-0.39, 0.29) is 24.0 Å². The third-order valence-electron chi connectivity index (χ3n) is 4.60. The monoisotopic (exact) mass is 521 g/mol. The molecule has 0 fully saturated rings. The number of aryl methyl sites for hydroxylation is 2. The minimum absolute atomic E-state index is 0. The molecule has 1 aromatic carbocycles. The highest BCUT2D eigenvalue weighted by Crippen LogP contribution is 2.23. The Morgan fingerprint density at radius 2 is 2.11 bits per heavy atom. The maximum absolute atomic E-state index is 6.10. The van der Waals surface area contributed by atoms with Crippen LogP contribution in [0.1, 0.15) is 29.9 Å². The van der Waals surface area contributed by atoms with E-state index in [2.05, 4.69) is 26.0 Å². The van der Waals surface area contributed by atoms with Crippen LogP contribution in [0.3, 0.4) is 0 Å². The van der Waals surface area contributed by atoms with Crippen molar-refractivity contribution in [3.05, 3.63) is 51.5 Å². The molecular formula is C19H26Cl2IN5. The summed E-state index contributed by atoms with van der Waals surface area (Å²) in [5, 5.41) is 4.56. The highest BCUT2D eigenvalue weighted by molar-refractivity contribution is 14.0. The van der Waals surface area contributed by atoms with Crippen LogP contribution in [0.2, 0.25) is 10.0 Å². The van der Waals surface area contributed by atoms with Gasteiger partial charge in [-0.2, -0.15) is 0 Å². The lowest BCUT2D eigenvalue weighted by atomic mass is 10.2. The average Bonchev–Trinajstić information content (AvgIpc) is 3.04. The summed E-state index contributed by atoms with van der Waals surface area (Å²) in [7, 11) is 3.80. The van der Waals surface area contributed by atoms with Gasteiger partial charge < -0.3 is 14.8 Å². The molecule has 1 N–H and O–H groups in total. The summed E-state index contributed by atoms with van der Waals surface area (Å²) in [4.78, 5) is 11.2. The number of fused-ring (bicyclic) bond motifs is 1. The highest BCUT2D eigenvalue weighted by atomic mass is 127. The molecule has 0 bridgehead atoms. The van der Waals surface area contributed by atoms with Crippen molar-refractivity contribution in [3.8, 4) is 0 Å². The zero-order valence-corrected chi connectivity index (χ0v) is 19.6. The molecule has 0 amide bonds. The van der Waals surface area contributed by atoms with E-state index in [4.69, 9.17) is 28.2 Å². The molecule has 0 atom stereocenters. The van der Waals surface area contributed by atoms with Crippen molar-refractivity contribution < 1.29 is 0 Å². The summed E-state index contributed by atoms with van der Waals surface area (Å²) in [5.41, 5.74) is 2.24. The molecule has 1 aliphatic rings. The maximum atomic E-state index is 6.10. The fraction of sp³-hybridized carbons (Fsp3) is 0.474. The van der Waals surface area contributed by atoms with Crippen LogP contribution in [0.4, 0.5) is 0 Å². The molecule has 0 aliphatic carbocycles. The third-order valence-corrected chi connectivity index (χ3v) is 5.34. The van der Waals surface area contributed by atoms with Crippen LogP contribution in [0.25, 0.3) is 0 Å². The molecular weight excluding hydrogens is 496 g/mol. The topological polar surface area (TPSA) is 45.5 Å². The summed E-state index contributed by atoms with van der Waals surface area (Å²) in [5.74, 6) is 2.08. The SMILES string of the molecule is CN=C(NCCc1cn2c(n1)CCCC2)N(C)Cc1ccc(Cl)c(Cl)c1.I. The van der Waals surface area contributed by atoms with Gasteiger partial charge >= 0.3 is 0 Å². The van der Waals surface area contributed by atoms with Gasteiger partial charge in [0.1, 0.15) is 5.82 Å². The summed E-state index contributed by atoms with van der Waals surface area (Å²) >= 11 is 12.1. The molecule has 0 saturated heterocycles. The number of imidazole rings is 1. The predicted molar refractivity (Wildman–Crippen MR) is 124 cm³/mol.